The summed E-state index contributed by atoms with van der Waals surface area (Å²) in [7, 11) is 0. The number of para-hydroxylation sites is 1. The second-order valence-electron chi connectivity index (χ2n) is 4.08. The van der Waals surface area contributed by atoms with Crippen molar-refractivity contribution in [1.82, 2.24) is 5.16 Å². The summed E-state index contributed by atoms with van der Waals surface area (Å²) in [5, 5.41) is 8.27. The second kappa shape index (κ2) is 5.96. The molecule has 0 radical (unpaired) electrons. The van der Waals surface area contributed by atoms with E-state index in [9.17, 15) is 14.0 Å². The van der Waals surface area contributed by atoms with Gasteiger partial charge in [0, 0.05) is 6.07 Å². The van der Waals surface area contributed by atoms with Crippen LogP contribution in [0.15, 0.2) is 34.9 Å². The Hall–Kier alpha value is -2.70. The van der Waals surface area contributed by atoms with Crippen LogP contribution in [0.4, 0.5) is 15.9 Å². The number of rotatable bonds is 4. The third-order valence-corrected chi connectivity index (χ3v) is 2.36. The molecule has 2 aromatic rings. The van der Waals surface area contributed by atoms with Crippen LogP contribution in [0.2, 0.25) is 0 Å². The third kappa shape index (κ3) is 3.64. The Morgan fingerprint density at radius 3 is 2.60 bits per heavy atom. The van der Waals surface area contributed by atoms with E-state index in [-0.39, 0.29) is 11.5 Å². The first kappa shape index (κ1) is 13.7. The second-order valence-corrected chi connectivity index (χ2v) is 4.08. The molecule has 1 aromatic carbocycles. The molecule has 1 heterocycles. The summed E-state index contributed by atoms with van der Waals surface area (Å²) in [6.07, 6.45) is -0.444. The molecule has 20 heavy (non-hydrogen) atoms. The first-order valence-corrected chi connectivity index (χ1v) is 5.82. The summed E-state index contributed by atoms with van der Waals surface area (Å²) in [5.41, 5.74) is 0.0302. The largest absolute Gasteiger partial charge is 0.360 e. The number of hydrogen-bond acceptors (Lipinski definition) is 4. The number of carbonyl (C=O) groups excluding carboxylic acids is 2. The quantitative estimate of drug-likeness (QED) is 0.838. The molecule has 6 nitrogen and oxygen atoms in total. The van der Waals surface area contributed by atoms with Gasteiger partial charge in [-0.05, 0) is 19.1 Å². The molecule has 0 aliphatic heterocycles. The minimum absolute atomic E-state index is 0.0302. The number of halogens is 1. The SMILES string of the molecule is Cc1cc(NC(=O)CC(=O)Nc2ccccc2F)no1. The van der Waals surface area contributed by atoms with Gasteiger partial charge in [-0.25, -0.2) is 4.39 Å². The predicted octanol–water partition coefficient (Wildman–Crippen LogP) is 2.09. The van der Waals surface area contributed by atoms with Gasteiger partial charge in [-0.2, -0.15) is 0 Å². The maximum atomic E-state index is 13.3. The minimum atomic E-state index is -0.618. The molecule has 2 rings (SSSR count). The van der Waals surface area contributed by atoms with E-state index in [1.165, 1.54) is 24.3 Å². The molecule has 0 unspecified atom stereocenters. The Balaban J connectivity index is 1.88. The zero-order valence-electron chi connectivity index (χ0n) is 10.6. The molecule has 0 atom stereocenters. The van der Waals surface area contributed by atoms with Gasteiger partial charge in [-0.3, -0.25) is 9.59 Å². The lowest BCUT2D eigenvalue weighted by Gasteiger charge is -2.05. The number of nitrogens with zero attached hydrogens (tertiary/aromatic N) is 1. The predicted molar refractivity (Wildman–Crippen MR) is 69.5 cm³/mol. The molecule has 2 N–H and O–H groups in total. The number of carbonyl (C=O) groups is 2. The van der Waals surface area contributed by atoms with Crippen LogP contribution in [-0.2, 0) is 9.59 Å². The van der Waals surface area contributed by atoms with E-state index in [1.807, 2.05) is 0 Å². The molecule has 1 aromatic heterocycles. The number of benzene rings is 1. The lowest BCUT2D eigenvalue weighted by atomic mass is 10.3. The number of aromatic nitrogens is 1. The van der Waals surface area contributed by atoms with E-state index in [1.54, 1.807) is 13.0 Å². The molecule has 0 saturated heterocycles. The fraction of sp³-hybridized carbons (Fsp3) is 0.154. The topological polar surface area (TPSA) is 84.2 Å². The minimum Gasteiger partial charge on any atom is -0.360 e. The van der Waals surface area contributed by atoms with Gasteiger partial charge in [0.2, 0.25) is 11.8 Å². The Kier molecular flexibility index (Phi) is 4.09. The molecule has 7 heteroatoms. The van der Waals surface area contributed by atoms with Crippen molar-refractivity contribution >= 4 is 23.3 Å². The van der Waals surface area contributed by atoms with Crippen molar-refractivity contribution in [3.05, 3.63) is 41.9 Å². The van der Waals surface area contributed by atoms with Crippen LogP contribution in [0, 0.1) is 12.7 Å². The molecule has 0 aliphatic rings. The normalized spacial score (nSPS) is 10.1. The Morgan fingerprint density at radius 1 is 1.25 bits per heavy atom. The highest BCUT2D eigenvalue weighted by Crippen LogP contribution is 2.13. The van der Waals surface area contributed by atoms with E-state index >= 15 is 0 Å². The Labute approximate surface area is 114 Å². The highest BCUT2D eigenvalue weighted by molar-refractivity contribution is 6.07. The Bertz CT molecular complexity index is 639. The van der Waals surface area contributed by atoms with Gasteiger partial charge in [0.15, 0.2) is 5.82 Å². The number of nitrogens with one attached hydrogen (secondary N) is 2. The van der Waals surface area contributed by atoms with Gasteiger partial charge in [0.1, 0.15) is 18.0 Å². The standard InChI is InChI=1S/C13H12FN3O3/c1-8-6-11(17-20-8)16-13(19)7-12(18)15-10-5-3-2-4-9(10)14/h2-6H,7H2,1H3,(H,15,18)(H,16,17,19). The summed E-state index contributed by atoms with van der Waals surface area (Å²) in [6, 6.07) is 7.23. The summed E-state index contributed by atoms with van der Waals surface area (Å²) < 4.78 is 18.1. The molecule has 0 fully saturated rings. The number of anilines is 2. The summed E-state index contributed by atoms with van der Waals surface area (Å²) >= 11 is 0. The van der Waals surface area contributed by atoms with Crippen molar-refractivity contribution < 1.29 is 18.5 Å². The van der Waals surface area contributed by atoms with Gasteiger partial charge < -0.3 is 15.2 Å². The smallest absolute Gasteiger partial charge is 0.235 e. The van der Waals surface area contributed by atoms with Gasteiger partial charge in [0.25, 0.3) is 0 Å². The van der Waals surface area contributed by atoms with Gasteiger partial charge in [-0.1, -0.05) is 17.3 Å². The van der Waals surface area contributed by atoms with Crippen LogP contribution in [-0.4, -0.2) is 17.0 Å². The van der Waals surface area contributed by atoms with Crippen LogP contribution in [0.1, 0.15) is 12.2 Å². The number of aryl methyl sites for hydroxylation is 1. The molecular formula is C13H12FN3O3. The average molecular weight is 277 g/mol. The first-order chi connectivity index (χ1) is 9.54. The highest BCUT2D eigenvalue weighted by atomic mass is 19.1. The third-order valence-electron chi connectivity index (χ3n) is 2.36. The highest BCUT2D eigenvalue weighted by Gasteiger charge is 2.13. The van der Waals surface area contributed by atoms with Crippen molar-refractivity contribution in [3.8, 4) is 0 Å². The summed E-state index contributed by atoms with van der Waals surface area (Å²) in [4.78, 5) is 23.1. The molecule has 2 amide bonds. The maximum absolute atomic E-state index is 13.3. The van der Waals surface area contributed by atoms with Crippen LogP contribution in [0.25, 0.3) is 0 Å². The van der Waals surface area contributed by atoms with E-state index in [2.05, 4.69) is 15.8 Å². The number of amides is 2. The molecule has 104 valence electrons. The van der Waals surface area contributed by atoms with Crippen LogP contribution < -0.4 is 10.6 Å². The summed E-state index contributed by atoms with van der Waals surface area (Å²) in [6.45, 7) is 1.67. The summed E-state index contributed by atoms with van der Waals surface area (Å²) in [5.74, 6) is -0.976. The lowest BCUT2D eigenvalue weighted by molar-refractivity contribution is -0.123. The van der Waals surface area contributed by atoms with E-state index in [4.69, 9.17) is 4.52 Å². The molecule has 0 bridgehead atoms. The van der Waals surface area contributed by atoms with Crippen LogP contribution in [0.5, 0.6) is 0 Å². The Morgan fingerprint density at radius 2 is 1.95 bits per heavy atom. The van der Waals surface area contributed by atoms with E-state index < -0.39 is 24.1 Å². The van der Waals surface area contributed by atoms with Crippen LogP contribution in [0.3, 0.4) is 0 Å². The lowest BCUT2D eigenvalue weighted by Crippen LogP contribution is -2.21. The van der Waals surface area contributed by atoms with Crippen molar-refractivity contribution in [1.29, 1.82) is 0 Å². The van der Waals surface area contributed by atoms with Gasteiger partial charge >= 0.3 is 0 Å². The van der Waals surface area contributed by atoms with Gasteiger partial charge in [0.05, 0.1) is 5.69 Å². The molecule has 0 spiro atoms. The molecular weight excluding hydrogens is 265 g/mol. The zero-order chi connectivity index (χ0) is 14.5. The monoisotopic (exact) mass is 277 g/mol. The van der Waals surface area contributed by atoms with Crippen molar-refractivity contribution in [3.63, 3.8) is 0 Å². The van der Waals surface area contributed by atoms with Gasteiger partial charge in [-0.15, -0.1) is 0 Å². The fourth-order valence-corrected chi connectivity index (χ4v) is 1.52. The number of hydrogen-bond donors (Lipinski definition) is 2. The van der Waals surface area contributed by atoms with E-state index in [0.717, 1.165) is 0 Å². The van der Waals surface area contributed by atoms with Crippen molar-refractivity contribution in [2.45, 2.75) is 13.3 Å². The fourth-order valence-electron chi connectivity index (χ4n) is 1.52. The maximum Gasteiger partial charge on any atom is 0.235 e. The zero-order valence-corrected chi connectivity index (χ0v) is 10.6. The van der Waals surface area contributed by atoms with Crippen molar-refractivity contribution in [2.24, 2.45) is 0 Å². The van der Waals surface area contributed by atoms with E-state index in [0.29, 0.717) is 5.76 Å². The van der Waals surface area contributed by atoms with Crippen LogP contribution >= 0.6 is 0 Å². The average Bonchev–Trinajstić information content (AvgIpc) is 2.77. The molecule has 0 aliphatic carbocycles. The van der Waals surface area contributed by atoms with Crippen molar-refractivity contribution in [2.75, 3.05) is 10.6 Å². The molecule has 0 saturated carbocycles. The first-order valence-electron chi connectivity index (χ1n) is 5.82.